The number of likely N-dealkylation sites (tertiary alicyclic amines) is 1. The Hall–Kier alpha value is -2.17. The fourth-order valence-electron chi connectivity index (χ4n) is 3.82. The van der Waals surface area contributed by atoms with Crippen LogP contribution in [0.25, 0.3) is 0 Å². The maximum Gasteiger partial charge on any atom is 0.324 e. The molecule has 0 radical (unpaired) electrons. The summed E-state index contributed by atoms with van der Waals surface area (Å²) in [6.45, 7) is 4.26. The highest BCUT2D eigenvalue weighted by Crippen LogP contribution is 2.17. The Labute approximate surface area is 162 Å². The average molecular weight is 367 g/mol. The lowest BCUT2D eigenvalue weighted by Crippen LogP contribution is -2.50. The second kappa shape index (κ2) is 10.2. The molecule has 0 N–H and O–H groups in total. The number of hydrogen-bond acceptors (Lipinski definition) is 4. The molecule has 2 aromatic carbocycles. The summed E-state index contributed by atoms with van der Waals surface area (Å²) < 4.78 is 5.16. The van der Waals surface area contributed by atoms with Crippen molar-refractivity contribution in [3.05, 3.63) is 71.8 Å². The van der Waals surface area contributed by atoms with Gasteiger partial charge < -0.3 is 4.74 Å². The number of nitrogens with zero attached hydrogens (tertiary/aromatic N) is 2. The summed E-state index contributed by atoms with van der Waals surface area (Å²) in [5.74, 6) is -0.122. The van der Waals surface area contributed by atoms with Crippen LogP contribution in [-0.4, -0.2) is 48.6 Å². The molecular formula is C23H30N2O2. The van der Waals surface area contributed by atoms with Crippen molar-refractivity contribution in [2.45, 2.75) is 38.4 Å². The van der Waals surface area contributed by atoms with E-state index in [-0.39, 0.29) is 12.0 Å². The van der Waals surface area contributed by atoms with Crippen molar-refractivity contribution < 1.29 is 9.53 Å². The molecule has 1 saturated heterocycles. The Morgan fingerprint density at radius 3 is 1.93 bits per heavy atom. The number of hydrogen-bond donors (Lipinski definition) is 0. The number of rotatable bonds is 8. The van der Waals surface area contributed by atoms with Gasteiger partial charge in [0.1, 0.15) is 6.04 Å². The summed E-state index contributed by atoms with van der Waals surface area (Å²) in [7, 11) is 1.50. The summed E-state index contributed by atoms with van der Waals surface area (Å²) in [6, 6.07) is 20.7. The molecule has 0 unspecified atom stereocenters. The Kier molecular flexibility index (Phi) is 7.43. The monoisotopic (exact) mass is 366 g/mol. The van der Waals surface area contributed by atoms with Gasteiger partial charge in [-0.25, -0.2) is 0 Å². The molecule has 0 amide bonds. The molecule has 2 aromatic rings. The quantitative estimate of drug-likeness (QED) is 0.667. The zero-order valence-electron chi connectivity index (χ0n) is 16.2. The molecule has 1 aliphatic heterocycles. The first-order valence-electron chi connectivity index (χ1n) is 9.88. The lowest BCUT2D eigenvalue weighted by Gasteiger charge is -2.36. The largest absolute Gasteiger partial charge is 0.468 e. The third-order valence-electron chi connectivity index (χ3n) is 5.23. The highest BCUT2D eigenvalue weighted by atomic mass is 16.5. The smallest absolute Gasteiger partial charge is 0.324 e. The lowest BCUT2D eigenvalue weighted by atomic mass is 10.1. The van der Waals surface area contributed by atoms with Gasteiger partial charge in [-0.05, 0) is 37.1 Å². The van der Waals surface area contributed by atoms with Gasteiger partial charge >= 0.3 is 5.97 Å². The number of ether oxygens (including phenoxy) is 1. The Balaban J connectivity index is 1.77. The van der Waals surface area contributed by atoms with E-state index in [1.54, 1.807) is 0 Å². The topological polar surface area (TPSA) is 32.8 Å². The molecule has 144 valence electrons. The fraction of sp³-hybridized carbons (Fsp3) is 0.435. The maximum absolute atomic E-state index is 12.6. The second-order valence-electron chi connectivity index (χ2n) is 7.28. The molecule has 1 aliphatic rings. The second-order valence-corrected chi connectivity index (χ2v) is 7.28. The van der Waals surface area contributed by atoms with Gasteiger partial charge in [-0.1, -0.05) is 67.1 Å². The summed E-state index contributed by atoms with van der Waals surface area (Å²) in [5, 5.41) is 0. The van der Waals surface area contributed by atoms with Crippen molar-refractivity contribution in [3.63, 3.8) is 0 Å². The number of esters is 1. The number of carbonyl (C=O) groups excluding carboxylic acids is 1. The highest BCUT2D eigenvalue weighted by molar-refractivity contribution is 5.76. The predicted octanol–water partition coefficient (Wildman–Crippen LogP) is 3.72. The molecule has 0 aromatic heterocycles. The third-order valence-corrected chi connectivity index (χ3v) is 5.23. The summed E-state index contributed by atoms with van der Waals surface area (Å²) in [5.41, 5.74) is 2.52. The SMILES string of the molecule is COC(=O)[C@H](CN(Cc1ccccc1)Cc1ccccc1)N1CCCCC1. The van der Waals surface area contributed by atoms with Crippen LogP contribution in [-0.2, 0) is 22.6 Å². The van der Waals surface area contributed by atoms with Crippen molar-refractivity contribution >= 4 is 5.97 Å². The minimum absolute atomic E-state index is 0.122. The number of piperidine rings is 1. The molecule has 4 nitrogen and oxygen atoms in total. The van der Waals surface area contributed by atoms with Gasteiger partial charge in [0.15, 0.2) is 0 Å². The van der Waals surface area contributed by atoms with Crippen molar-refractivity contribution in [3.8, 4) is 0 Å². The maximum atomic E-state index is 12.6. The zero-order chi connectivity index (χ0) is 18.9. The van der Waals surface area contributed by atoms with E-state index in [1.807, 2.05) is 12.1 Å². The third kappa shape index (κ3) is 5.91. The van der Waals surface area contributed by atoms with E-state index >= 15 is 0 Å². The van der Waals surface area contributed by atoms with Gasteiger partial charge in [0.05, 0.1) is 7.11 Å². The standard InChI is InChI=1S/C23H30N2O2/c1-27-23(26)22(25-15-9-4-10-16-25)19-24(17-20-11-5-2-6-12-20)18-21-13-7-3-8-14-21/h2-3,5-8,11-14,22H,4,9-10,15-19H2,1H3/t22-/m0/s1. The number of carbonyl (C=O) groups is 1. The van der Waals surface area contributed by atoms with Crippen molar-refractivity contribution in [1.82, 2.24) is 9.80 Å². The summed E-state index contributed by atoms with van der Waals surface area (Å²) in [4.78, 5) is 17.2. The van der Waals surface area contributed by atoms with Crippen LogP contribution in [0.1, 0.15) is 30.4 Å². The molecule has 1 heterocycles. The first-order chi connectivity index (χ1) is 13.3. The van der Waals surface area contributed by atoms with Gasteiger partial charge in [-0.3, -0.25) is 14.6 Å². The first-order valence-corrected chi connectivity index (χ1v) is 9.88. The van der Waals surface area contributed by atoms with Gasteiger partial charge in [0.2, 0.25) is 0 Å². The van der Waals surface area contributed by atoms with Crippen LogP contribution in [0, 0.1) is 0 Å². The normalized spacial score (nSPS) is 16.2. The predicted molar refractivity (Wildman–Crippen MR) is 108 cm³/mol. The average Bonchev–Trinajstić information content (AvgIpc) is 2.73. The molecule has 4 heteroatoms. The molecular weight excluding hydrogens is 336 g/mol. The molecule has 1 fully saturated rings. The van der Waals surface area contributed by atoms with Crippen LogP contribution in [0.5, 0.6) is 0 Å². The molecule has 0 saturated carbocycles. The Morgan fingerprint density at radius 1 is 0.926 bits per heavy atom. The van der Waals surface area contributed by atoms with Crippen LogP contribution < -0.4 is 0 Å². The van der Waals surface area contributed by atoms with E-state index in [9.17, 15) is 4.79 Å². The molecule has 3 rings (SSSR count). The van der Waals surface area contributed by atoms with Crippen molar-refractivity contribution in [1.29, 1.82) is 0 Å². The lowest BCUT2D eigenvalue weighted by molar-refractivity contribution is -0.148. The molecule has 0 bridgehead atoms. The summed E-state index contributed by atoms with van der Waals surface area (Å²) >= 11 is 0. The van der Waals surface area contributed by atoms with Crippen LogP contribution in [0.4, 0.5) is 0 Å². The highest BCUT2D eigenvalue weighted by Gasteiger charge is 2.30. The van der Waals surface area contributed by atoms with E-state index in [2.05, 4.69) is 58.3 Å². The minimum Gasteiger partial charge on any atom is -0.468 e. The Bertz CT molecular complexity index is 643. The first kappa shape index (κ1) is 19.6. The van der Waals surface area contributed by atoms with Crippen LogP contribution in [0.3, 0.4) is 0 Å². The summed E-state index contributed by atoms with van der Waals surface area (Å²) in [6.07, 6.45) is 3.57. The minimum atomic E-state index is -0.206. The van der Waals surface area contributed by atoms with E-state index in [0.717, 1.165) is 39.0 Å². The zero-order valence-corrected chi connectivity index (χ0v) is 16.2. The fourth-order valence-corrected chi connectivity index (χ4v) is 3.82. The molecule has 0 aliphatic carbocycles. The van der Waals surface area contributed by atoms with Gasteiger partial charge in [-0.2, -0.15) is 0 Å². The van der Waals surface area contributed by atoms with E-state index in [4.69, 9.17) is 4.74 Å². The van der Waals surface area contributed by atoms with Crippen molar-refractivity contribution in [2.75, 3.05) is 26.7 Å². The van der Waals surface area contributed by atoms with Gasteiger partial charge in [0, 0.05) is 19.6 Å². The molecule has 1 atom stereocenters. The van der Waals surface area contributed by atoms with E-state index < -0.39 is 0 Å². The van der Waals surface area contributed by atoms with Crippen LogP contribution in [0.2, 0.25) is 0 Å². The number of methoxy groups -OCH3 is 1. The van der Waals surface area contributed by atoms with E-state index in [0.29, 0.717) is 6.54 Å². The van der Waals surface area contributed by atoms with Crippen LogP contribution in [0.15, 0.2) is 60.7 Å². The molecule has 0 spiro atoms. The van der Waals surface area contributed by atoms with Gasteiger partial charge in [0.25, 0.3) is 0 Å². The van der Waals surface area contributed by atoms with Crippen LogP contribution >= 0.6 is 0 Å². The van der Waals surface area contributed by atoms with E-state index in [1.165, 1.54) is 24.7 Å². The number of benzene rings is 2. The van der Waals surface area contributed by atoms with Crippen molar-refractivity contribution in [2.24, 2.45) is 0 Å². The Morgan fingerprint density at radius 2 is 1.44 bits per heavy atom. The molecule has 27 heavy (non-hydrogen) atoms. The van der Waals surface area contributed by atoms with Gasteiger partial charge in [-0.15, -0.1) is 0 Å².